The first-order chi connectivity index (χ1) is 26.1. The molecule has 0 bridgehead atoms. The molecule has 0 aliphatic carbocycles. The molecule has 0 radical (unpaired) electrons. The van der Waals surface area contributed by atoms with Gasteiger partial charge in [-0.1, -0.05) is 53.1 Å². The Morgan fingerprint density at radius 1 is 0.596 bits per heavy atom. The summed E-state index contributed by atoms with van der Waals surface area (Å²) in [5.41, 5.74) is -1.21. The fourth-order valence-corrected chi connectivity index (χ4v) is 12.7. The molecule has 332 valence electrons. The van der Waals surface area contributed by atoms with E-state index in [9.17, 15) is 32.3 Å². The SMILES string of the molecule is C=C(C)C(=O)OCCNC(=O)OCCOCCC[Si](C)(C)OC(C)(C)C(C)(CCC(F)(F)F)C(C)(C)[Si](C)(C)CCCOCCOC(=O)NCCOC(=O)C(=C)C. The van der Waals surface area contributed by atoms with Crippen molar-refractivity contribution in [3.05, 3.63) is 24.3 Å². The van der Waals surface area contributed by atoms with Crippen LogP contribution in [0.25, 0.3) is 0 Å². The average molecular weight is 857 g/mol. The summed E-state index contributed by atoms with van der Waals surface area (Å²) in [6.07, 6.45) is -5.28. The maximum atomic E-state index is 13.8. The lowest BCUT2D eigenvalue weighted by atomic mass is 9.64. The Bertz CT molecular complexity index is 1310. The minimum Gasteiger partial charge on any atom is -0.460 e. The number of halogens is 3. The van der Waals surface area contributed by atoms with Crippen molar-refractivity contribution < 1.29 is 65.2 Å². The highest BCUT2D eigenvalue weighted by molar-refractivity contribution is 6.80. The largest absolute Gasteiger partial charge is 0.460 e. The van der Waals surface area contributed by atoms with Crippen molar-refractivity contribution in [2.75, 3.05) is 65.9 Å². The summed E-state index contributed by atoms with van der Waals surface area (Å²) in [6, 6.07) is 1.52. The fraction of sp³-hybridized carbons (Fsp3) is 0.795. The van der Waals surface area contributed by atoms with E-state index in [1.165, 1.54) is 13.8 Å². The monoisotopic (exact) mass is 856 g/mol. The quantitative estimate of drug-likeness (QED) is 0.0245. The van der Waals surface area contributed by atoms with E-state index in [0.717, 1.165) is 6.04 Å². The predicted octanol–water partition coefficient (Wildman–Crippen LogP) is 8.33. The first-order valence-corrected chi connectivity index (χ1v) is 25.8. The molecule has 0 fully saturated rings. The zero-order valence-electron chi connectivity index (χ0n) is 36.4. The van der Waals surface area contributed by atoms with E-state index in [-0.39, 0.29) is 70.3 Å². The molecule has 0 saturated heterocycles. The summed E-state index contributed by atoms with van der Waals surface area (Å²) in [6.45, 7) is 30.0. The molecule has 0 spiro atoms. The number of hydrogen-bond acceptors (Lipinski definition) is 11. The van der Waals surface area contributed by atoms with E-state index >= 15 is 0 Å². The smallest absolute Gasteiger partial charge is 0.407 e. The number of alkyl carbamates (subject to hydrolysis) is 2. The highest BCUT2D eigenvalue weighted by atomic mass is 28.4. The summed E-state index contributed by atoms with van der Waals surface area (Å²) < 4.78 is 79.8. The number of rotatable bonds is 29. The molecule has 0 aliphatic rings. The van der Waals surface area contributed by atoms with Gasteiger partial charge in [0.2, 0.25) is 0 Å². The Labute approximate surface area is 340 Å². The topological polar surface area (TPSA) is 157 Å². The van der Waals surface area contributed by atoms with Crippen LogP contribution in [0.5, 0.6) is 0 Å². The van der Waals surface area contributed by atoms with Gasteiger partial charge in [0, 0.05) is 30.8 Å². The number of carbonyl (C=O) groups excluding carboxylic acids is 4. The van der Waals surface area contributed by atoms with Crippen molar-refractivity contribution in [1.29, 1.82) is 0 Å². The Kier molecular flexibility index (Phi) is 23.6. The molecule has 57 heavy (non-hydrogen) atoms. The highest BCUT2D eigenvalue weighted by Crippen LogP contribution is 2.63. The van der Waals surface area contributed by atoms with Gasteiger partial charge in [-0.15, -0.1) is 0 Å². The van der Waals surface area contributed by atoms with Gasteiger partial charge in [0.05, 0.1) is 40.0 Å². The molecule has 0 aromatic heterocycles. The van der Waals surface area contributed by atoms with Crippen LogP contribution in [0.1, 0.15) is 74.1 Å². The maximum Gasteiger partial charge on any atom is 0.407 e. The lowest BCUT2D eigenvalue weighted by Gasteiger charge is -2.61. The van der Waals surface area contributed by atoms with Crippen LogP contribution in [0, 0.1) is 5.41 Å². The number of ether oxygens (including phenoxy) is 6. The maximum absolute atomic E-state index is 13.8. The van der Waals surface area contributed by atoms with E-state index in [2.05, 4.69) is 63.8 Å². The molecule has 18 heteroatoms. The molecule has 0 aromatic rings. The van der Waals surface area contributed by atoms with Crippen LogP contribution in [0.4, 0.5) is 22.8 Å². The van der Waals surface area contributed by atoms with E-state index in [1.54, 1.807) is 0 Å². The van der Waals surface area contributed by atoms with Crippen LogP contribution < -0.4 is 10.6 Å². The Morgan fingerprint density at radius 3 is 1.42 bits per heavy atom. The molecule has 13 nitrogen and oxygen atoms in total. The molecule has 2 amide bonds. The fourth-order valence-electron chi connectivity index (χ4n) is 6.42. The number of carbonyl (C=O) groups is 4. The van der Waals surface area contributed by atoms with Crippen LogP contribution >= 0.6 is 0 Å². The van der Waals surface area contributed by atoms with Gasteiger partial charge in [0.15, 0.2) is 8.32 Å². The second-order valence-electron chi connectivity index (χ2n) is 16.7. The lowest BCUT2D eigenvalue weighted by Crippen LogP contribution is -2.60. The zero-order valence-corrected chi connectivity index (χ0v) is 38.4. The molecule has 0 saturated carbocycles. The first-order valence-electron chi connectivity index (χ1n) is 19.5. The van der Waals surface area contributed by atoms with E-state index in [0.29, 0.717) is 32.1 Å². The summed E-state index contributed by atoms with van der Waals surface area (Å²) in [4.78, 5) is 46.4. The van der Waals surface area contributed by atoms with Gasteiger partial charge in [-0.25, -0.2) is 19.2 Å². The van der Waals surface area contributed by atoms with Crippen molar-refractivity contribution in [1.82, 2.24) is 10.6 Å². The number of amides is 2. The third-order valence-electron chi connectivity index (χ3n) is 10.8. The van der Waals surface area contributed by atoms with Gasteiger partial charge in [-0.2, -0.15) is 13.2 Å². The van der Waals surface area contributed by atoms with E-state index in [4.69, 9.17) is 32.8 Å². The molecule has 0 aromatic carbocycles. The Balaban J connectivity index is 5.08. The van der Waals surface area contributed by atoms with Gasteiger partial charge >= 0.3 is 30.3 Å². The number of alkyl halides is 3. The molecular formula is C39H71F3N2O11Si2. The van der Waals surface area contributed by atoms with Crippen LogP contribution in [0.15, 0.2) is 24.3 Å². The summed E-state index contributed by atoms with van der Waals surface area (Å²) in [5, 5.41) is 4.46. The van der Waals surface area contributed by atoms with Gasteiger partial charge in [-0.3, -0.25) is 0 Å². The molecule has 0 heterocycles. The molecular weight excluding hydrogens is 786 g/mol. The predicted molar refractivity (Wildman–Crippen MR) is 218 cm³/mol. The van der Waals surface area contributed by atoms with Crippen LogP contribution in [-0.4, -0.2) is 118 Å². The normalized spacial score (nSPS) is 13.6. The van der Waals surface area contributed by atoms with Crippen molar-refractivity contribution in [3.8, 4) is 0 Å². The standard InChI is InChI=1S/C39H71F3N2O11Si2/c1-30(2)32(45)51-22-18-43-34(47)53-26-24-49-20-14-28-56(10,11)37(7,8)38(9,16-17-39(40,41)42)36(5,6)55-57(12,13)29-15-21-50-25-27-54-35(48)44-19-23-52-33(46)31(3)4/h1,3,14-29H2,2,4-13H3,(H,43,47)(H,44,48). The van der Waals surface area contributed by atoms with Gasteiger partial charge in [0.25, 0.3) is 0 Å². The molecule has 2 N–H and O–H groups in total. The van der Waals surface area contributed by atoms with E-state index in [1.807, 2.05) is 20.8 Å². The minimum atomic E-state index is -4.32. The molecule has 0 aliphatic heterocycles. The number of nitrogens with one attached hydrogen (secondary N) is 2. The summed E-state index contributed by atoms with van der Waals surface area (Å²) >= 11 is 0. The van der Waals surface area contributed by atoms with Crippen molar-refractivity contribution >= 4 is 40.5 Å². The van der Waals surface area contributed by atoms with Gasteiger partial charge in [-0.05, 0) is 76.5 Å². The molecule has 1 atom stereocenters. The molecule has 0 rings (SSSR count). The second-order valence-corrected chi connectivity index (χ2v) is 26.5. The lowest BCUT2D eigenvalue weighted by molar-refractivity contribution is -0.153. The van der Waals surface area contributed by atoms with Crippen molar-refractivity contribution in [2.45, 2.75) is 129 Å². The van der Waals surface area contributed by atoms with E-state index < -0.39 is 69.2 Å². The summed E-state index contributed by atoms with van der Waals surface area (Å²) in [7, 11) is -4.69. The number of hydrogen-bond donors (Lipinski definition) is 2. The first kappa shape index (κ1) is 54.1. The summed E-state index contributed by atoms with van der Waals surface area (Å²) in [5.74, 6) is -1.08. The Hall–Kier alpha value is -2.94. The highest BCUT2D eigenvalue weighted by Gasteiger charge is 2.59. The molecule has 1 unspecified atom stereocenters. The van der Waals surface area contributed by atoms with Crippen LogP contribution in [0.3, 0.4) is 0 Å². The third kappa shape index (κ3) is 21.1. The van der Waals surface area contributed by atoms with Gasteiger partial charge < -0.3 is 43.5 Å². The van der Waals surface area contributed by atoms with Crippen molar-refractivity contribution in [2.24, 2.45) is 5.41 Å². The zero-order chi connectivity index (χ0) is 44.1. The average Bonchev–Trinajstić information content (AvgIpc) is 3.08. The number of esters is 2. The van der Waals surface area contributed by atoms with Crippen molar-refractivity contribution in [3.63, 3.8) is 0 Å². The van der Waals surface area contributed by atoms with Crippen LogP contribution in [-0.2, 0) is 42.4 Å². The second kappa shape index (κ2) is 24.9. The Morgan fingerprint density at radius 2 is 1.02 bits per heavy atom. The third-order valence-corrected chi connectivity index (χ3v) is 19.0. The minimum absolute atomic E-state index is 0.00596. The van der Waals surface area contributed by atoms with Crippen LogP contribution in [0.2, 0.25) is 43.3 Å². The van der Waals surface area contributed by atoms with Gasteiger partial charge in [0.1, 0.15) is 26.4 Å².